The first kappa shape index (κ1) is 24.9. The summed E-state index contributed by atoms with van der Waals surface area (Å²) in [5.41, 5.74) is 3.06. The largest absolute Gasteiger partial charge is 0.480 e. The molecule has 1 N–H and O–H groups in total. The first-order valence-electron chi connectivity index (χ1n) is 13.1. The van der Waals surface area contributed by atoms with E-state index in [9.17, 15) is 9.90 Å². The summed E-state index contributed by atoms with van der Waals surface area (Å²) >= 11 is 0. The molecular formula is C28H40N2O4. The lowest BCUT2D eigenvalue weighted by Crippen LogP contribution is -2.40. The molecule has 0 radical (unpaired) electrons. The highest BCUT2D eigenvalue weighted by Gasteiger charge is 2.27. The normalized spacial score (nSPS) is 21.7. The fourth-order valence-electron chi connectivity index (χ4n) is 5.63. The van der Waals surface area contributed by atoms with Gasteiger partial charge >= 0.3 is 5.97 Å². The van der Waals surface area contributed by atoms with Crippen molar-refractivity contribution in [3.63, 3.8) is 0 Å². The van der Waals surface area contributed by atoms with E-state index in [-0.39, 0.29) is 12.6 Å². The molecule has 6 nitrogen and oxygen atoms in total. The van der Waals surface area contributed by atoms with E-state index < -0.39 is 5.97 Å². The van der Waals surface area contributed by atoms with Crippen LogP contribution in [0.5, 0.6) is 0 Å². The lowest BCUT2D eigenvalue weighted by molar-refractivity contribution is -0.138. The van der Waals surface area contributed by atoms with Crippen molar-refractivity contribution < 1.29 is 19.1 Å². The van der Waals surface area contributed by atoms with Crippen molar-refractivity contribution in [1.29, 1.82) is 0 Å². The van der Waals surface area contributed by atoms with Crippen LogP contribution < -0.4 is 0 Å². The number of aromatic nitrogens is 1. The maximum atomic E-state index is 11.5. The van der Waals surface area contributed by atoms with Crippen LogP contribution in [0.2, 0.25) is 0 Å². The molecule has 2 fully saturated rings. The Morgan fingerprint density at radius 1 is 1.03 bits per heavy atom. The van der Waals surface area contributed by atoms with E-state index in [0.29, 0.717) is 24.3 Å². The third kappa shape index (κ3) is 7.16. The number of ether oxygens (including phenoxy) is 1. The van der Waals surface area contributed by atoms with Gasteiger partial charge in [-0.15, -0.1) is 0 Å². The fourth-order valence-corrected chi connectivity index (χ4v) is 5.63. The topological polar surface area (TPSA) is 75.8 Å². The highest BCUT2D eigenvalue weighted by atomic mass is 16.5. The molecule has 4 rings (SSSR count). The molecule has 0 unspecified atom stereocenters. The minimum atomic E-state index is -0.717. The number of hydrogen-bond donors (Lipinski definition) is 1. The highest BCUT2D eigenvalue weighted by Crippen LogP contribution is 2.30. The second-order valence-corrected chi connectivity index (χ2v) is 10.4. The van der Waals surface area contributed by atoms with Gasteiger partial charge in [-0.1, -0.05) is 43.4 Å². The van der Waals surface area contributed by atoms with Crippen LogP contribution in [0.15, 0.2) is 28.7 Å². The van der Waals surface area contributed by atoms with E-state index in [1.807, 2.05) is 19.1 Å². The lowest BCUT2D eigenvalue weighted by Gasteiger charge is -2.35. The number of benzene rings is 1. The zero-order valence-electron chi connectivity index (χ0n) is 20.8. The molecule has 0 aliphatic heterocycles. The van der Waals surface area contributed by atoms with Crippen LogP contribution in [0.3, 0.4) is 0 Å². The predicted molar refractivity (Wildman–Crippen MR) is 133 cm³/mol. The Morgan fingerprint density at radius 3 is 2.47 bits per heavy atom. The number of carboxylic acid groups (broad SMARTS) is 1. The second kappa shape index (κ2) is 12.0. The third-order valence-electron chi connectivity index (χ3n) is 7.50. The monoisotopic (exact) mass is 468 g/mol. The zero-order valence-corrected chi connectivity index (χ0v) is 20.8. The van der Waals surface area contributed by atoms with Crippen molar-refractivity contribution >= 4 is 5.97 Å². The number of hydrogen-bond acceptors (Lipinski definition) is 5. The van der Waals surface area contributed by atoms with Gasteiger partial charge in [0.2, 0.25) is 5.89 Å². The van der Waals surface area contributed by atoms with E-state index in [0.717, 1.165) is 55.8 Å². The number of carbonyl (C=O) groups is 1. The zero-order chi connectivity index (χ0) is 23.9. The maximum Gasteiger partial charge on any atom is 0.317 e. The van der Waals surface area contributed by atoms with Crippen LogP contribution in [0.25, 0.3) is 11.5 Å². The average molecular weight is 469 g/mol. The molecule has 34 heavy (non-hydrogen) atoms. The molecule has 2 aromatic rings. The maximum absolute atomic E-state index is 11.5. The highest BCUT2D eigenvalue weighted by molar-refractivity contribution is 5.69. The standard InChI is InChI=1S/C28H40N2O4/c1-20-11-13-24(14-12-20)28-29-26(21(2)34-28)19-33-25-10-6-9-23(15-25)17-30(18-27(31)32)16-22-7-4-3-5-8-22/h11-14,22-23,25H,3-10,15-19H2,1-2H3,(H,31,32)/t23-,25+/m0/s1. The summed E-state index contributed by atoms with van der Waals surface area (Å²) in [6, 6.07) is 8.20. The van der Waals surface area contributed by atoms with E-state index in [2.05, 4.69) is 24.0 Å². The van der Waals surface area contributed by atoms with Crippen molar-refractivity contribution in [2.45, 2.75) is 84.3 Å². The van der Waals surface area contributed by atoms with Crippen LogP contribution in [-0.2, 0) is 16.1 Å². The van der Waals surface area contributed by atoms with Crippen molar-refractivity contribution in [2.75, 3.05) is 19.6 Å². The first-order chi connectivity index (χ1) is 16.5. The summed E-state index contributed by atoms with van der Waals surface area (Å²) in [4.78, 5) is 18.4. The molecule has 0 spiro atoms. The molecule has 0 bridgehead atoms. The minimum absolute atomic E-state index is 0.151. The third-order valence-corrected chi connectivity index (χ3v) is 7.50. The summed E-state index contributed by atoms with van der Waals surface area (Å²) in [6.07, 6.45) is 10.9. The Balaban J connectivity index is 1.30. The van der Waals surface area contributed by atoms with Crippen LogP contribution in [0, 0.1) is 25.7 Å². The van der Waals surface area contributed by atoms with Gasteiger partial charge in [0, 0.05) is 18.7 Å². The first-order valence-corrected chi connectivity index (χ1v) is 13.1. The molecule has 6 heteroatoms. The molecule has 0 amide bonds. The predicted octanol–water partition coefficient (Wildman–Crippen LogP) is 6.00. The van der Waals surface area contributed by atoms with Crippen molar-refractivity contribution in [3.8, 4) is 11.5 Å². The van der Waals surface area contributed by atoms with Gasteiger partial charge in [-0.05, 0) is 69.9 Å². The molecule has 2 saturated carbocycles. The van der Waals surface area contributed by atoms with E-state index in [1.54, 1.807) is 0 Å². The smallest absolute Gasteiger partial charge is 0.317 e. The summed E-state index contributed by atoms with van der Waals surface area (Å²) in [5.74, 6) is 1.88. The summed E-state index contributed by atoms with van der Waals surface area (Å²) in [6.45, 7) is 6.41. The minimum Gasteiger partial charge on any atom is -0.480 e. The van der Waals surface area contributed by atoms with Gasteiger partial charge in [0.15, 0.2) is 0 Å². The number of rotatable bonds is 10. The van der Waals surface area contributed by atoms with Gasteiger partial charge in [-0.25, -0.2) is 4.98 Å². The second-order valence-electron chi connectivity index (χ2n) is 10.4. The Labute approximate surface area is 203 Å². The molecule has 1 aromatic heterocycles. The molecule has 0 saturated heterocycles. The van der Waals surface area contributed by atoms with Gasteiger partial charge in [0.1, 0.15) is 11.5 Å². The van der Waals surface area contributed by atoms with E-state index in [1.165, 1.54) is 37.7 Å². The molecule has 1 aromatic carbocycles. The lowest BCUT2D eigenvalue weighted by atomic mass is 9.85. The Hall–Kier alpha value is -2.18. The quantitative estimate of drug-likeness (QED) is 0.461. The Bertz CT molecular complexity index is 917. The van der Waals surface area contributed by atoms with Gasteiger partial charge in [-0.3, -0.25) is 9.69 Å². The molecule has 1 heterocycles. The Morgan fingerprint density at radius 2 is 1.74 bits per heavy atom. The molecule has 2 atom stereocenters. The van der Waals surface area contributed by atoms with Crippen LogP contribution in [-0.4, -0.2) is 46.7 Å². The van der Waals surface area contributed by atoms with Gasteiger partial charge in [0.05, 0.1) is 19.3 Å². The van der Waals surface area contributed by atoms with Gasteiger partial charge < -0.3 is 14.3 Å². The number of nitrogens with zero attached hydrogens (tertiary/aromatic N) is 2. The molecule has 2 aliphatic carbocycles. The van der Waals surface area contributed by atoms with Gasteiger partial charge in [0.25, 0.3) is 0 Å². The van der Waals surface area contributed by atoms with Crippen LogP contribution >= 0.6 is 0 Å². The Kier molecular flexibility index (Phi) is 8.79. The molecule has 186 valence electrons. The summed E-state index contributed by atoms with van der Waals surface area (Å²) in [5, 5.41) is 9.45. The van der Waals surface area contributed by atoms with E-state index >= 15 is 0 Å². The fraction of sp³-hybridized carbons (Fsp3) is 0.643. The number of aliphatic carboxylic acids is 1. The SMILES string of the molecule is Cc1ccc(-c2nc(CO[C@@H]3CCC[C@H](CN(CC(=O)O)CC4CCCCC4)C3)c(C)o2)cc1. The summed E-state index contributed by atoms with van der Waals surface area (Å²) < 4.78 is 12.2. The molecule has 2 aliphatic rings. The van der Waals surface area contributed by atoms with Crippen molar-refractivity contribution in [1.82, 2.24) is 9.88 Å². The number of aryl methyl sites for hydroxylation is 2. The number of carboxylic acids is 1. The number of oxazole rings is 1. The van der Waals surface area contributed by atoms with E-state index in [4.69, 9.17) is 14.1 Å². The van der Waals surface area contributed by atoms with Crippen molar-refractivity contribution in [2.24, 2.45) is 11.8 Å². The molecular weight excluding hydrogens is 428 g/mol. The average Bonchev–Trinajstić information content (AvgIpc) is 3.19. The van der Waals surface area contributed by atoms with Gasteiger partial charge in [-0.2, -0.15) is 0 Å². The summed E-state index contributed by atoms with van der Waals surface area (Å²) in [7, 11) is 0. The van der Waals surface area contributed by atoms with Crippen LogP contribution in [0.1, 0.15) is 74.8 Å². The van der Waals surface area contributed by atoms with Crippen molar-refractivity contribution in [3.05, 3.63) is 41.3 Å². The van der Waals surface area contributed by atoms with Crippen LogP contribution in [0.4, 0.5) is 0 Å².